The molecule has 0 amide bonds. The van der Waals surface area contributed by atoms with Crippen LogP contribution in [0.25, 0.3) is 0 Å². The van der Waals surface area contributed by atoms with E-state index in [1.807, 2.05) is 25.1 Å². The topological polar surface area (TPSA) is 35.2 Å². The van der Waals surface area contributed by atoms with Gasteiger partial charge in [-0.25, -0.2) is 0 Å². The van der Waals surface area contributed by atoms with Crippen molar-refractivity contribution < 1.29 is 4.74 Å². The second-order valence-electron chi connectivity index (χ2n) is 5.32. The lowest BCUT2D eigenvalue weighted by molar-refractivity contribution is 0.304. The second-order valence-corrected chi connectivity index (χ2v) is 5.32. The highest BCUT2D eigenvalue weighted by Gasteiger charge is 2.03. The van der Waals surface area contributed by atoms with Crippen LogP contribution in [0.2, 0.25) is 0 Å². The molecule has 0 atom stereocenters. The van der Waals surface area contributed by atoms with Crippen LogP contribution in [0.4, 0.5) is 5.69 Å². The SMILES string of the molecule is CCCCCCCCCCOc1c(C)cccc1N. The van der Waals surface area contributed by atoms with Crippen molar-refractivity contribution in [3.63, 3.8) is 0 Å². The quantitative estimate of drug-likeness (QED) is 0.471. The summed E-state index contributed by atoms with van der Waals surface area (Å²) in [6.07, 6.45) is 10.6. The molecule has 0 aliphatic rings. The van der Waals surface area contributed by atoms with Crippen LogP contribution in [0.15, 0.2) is 18.2 Å². The van der Waals surface area contributed by atoms with Crippen LogP contribution in [0.3, 0.4) is 0 Å². The Balaban J connectivity index is 2.05. The lowest BCUT2D eigenvalue weighted by Crippen LogP contribution is -2.02. The molecule has 0 radical (unpaired) electrons. The highest BCUT2D eigenvalue weighted by Crippen LogP contribution is 2.25. The van der Waals surface area contributed by atoms with E-state index in [9.17, 15) is 0 Å². The number of aryl methyl sites for hydroxylation is 1. The van der Waals surface area contributed by atoms with E-state index in [0.717, 1.165) is 30.0 Å². The molecule has 0 heterocycles. The third-order valence-corrected chi connectivity index (χ3v) is 3.49. The molecule has 0 bridgehead atoms. The van der Waals surface area contributed by atoms with Gasteiger partial charge in [-0.1, -0.05) is 64.0 Å². The van der Waals surface area contributed by atoms with Crippen LogP contribution in [0.5, 0.6) is 5.75 Å². The third kappa shape index (κ3) is 6.51. The summed E-state index contributed by atoms with van der Waals surface area (Å²) in [5.41, 5.74) is 7.78. The van der Waals surface area contributed by atoms with Crippen molar-refractivity contribution in [1.29, 1.82) is 0 Å². The number of rotatable bonds is 10. The van der Waals surface area contributed by atoms with Gasteiger partial charge >= 0.3 is 0 Å². The number of anilines is 1. The van der Waals surface area contributed by atoms with E-state index >= 15 is 0 Å². The molecule has 0 aliphatic heterocycles. The molecular formula is C17H29NO. The van der Waals surface area contributed by atoms with Gasteiger partial charge in [-0.2, -0.15) is 0 Å². The molecule has 0 saturated carbocycles. The Morgan fingerprint density at radius 2 is 1.58 bits per heavy atom. The Morgan fingerprint density at radius 1 is 0.947 bits per heavy atom. The van der Waals surface area contributed by atoms with E-state index in [2.05, 4.69) is 6.92 Å². The summed E-state index contributed by atoms with van der Waals surface area (Å²) >= 11 is 0. The first-order valence-corrected chi connectivity index (χ1v) is 7.73. The summed E-state index contributed by atoms with van der Waals surface area (Å²) in [6.45, 7) is 5.08. The molecule has 0 aromatic heterocycles. The standard InChI is InChI=1S/C17H29NO/c1-3-4-5-6-7-8-9-10-14-19-17-15(2)12-11-13-16(17)18/h11-13H,3-10,14,18H2,1-2H3. The number of hydrogen-bond acceptors (Lipinski definition) is 2. The van der Waals surface area contributed by atoms with E-state index in [1.54, 1.807) is 0 Å². The van der Waals surface area contributed by atoms with Gasteiger partial charge in [-0.3, -0.25) is 0 Å². The molecule has 19 heavy (non-hydrogen) atoms. The van der Waals surface area contributed by atoms with Gasteiger partial charge in [0.25, 0.3) is 0 Å². The number of para-hydroxylation sites is 1. The highest BCUT2D eigenvalue weighted by atomic mass is 16.5. The number of ether oxygens (including phenoxy) is 1. The molecular weight excluding hydrogens is 234 g/mol. The predicted octanol–water partition coefficient (Wildman–Crippen LogP) is 5.10. The van der Waals surface area contributed by atoms with Gasteiger partial charge in [0.2, 0.25) is 0 Å². The zero-order valence-corrected chi connectivity index (χ0v) is 12.6. The van der Waals surface area contributed by atoms with Gasteiger partial charge in [0.05, 0.1) is 12.3 Å². The summed E-state index contributed by atoms with van der Waals surface area (Å²) in [7, 11) is 0. The van der Waals surface area contributed by atoms with Crippen molar-refractivity contribution >= 4 is 5.69 Å². The zero-order chi connectivity index (χ0) is 13.9. The van der Waals surface area contributed by atoms with E-state index in [1.165, 1.54) is 44.9 Å². The Labute approximate surface area is 118 Å². The molecule has 2 nitrogen and oxygen atoms in total. The fourth-order valence-corrected chi connectivity index (χ4v) is 2.28. The first-order chi connectivity index (χ1) is 9.25. The average Bonchev–Trinajstić information content (AvgIpc) is 2.40. The smallest absolute Gasteiger partial charge is 0.145 e. The number of hydrogen-bond donors (Lipinski definition) is 1. The minimum atomic E-state index is 0.750. The molecule has 0 saturated heterocycles. The lowest BCUT2D eigenvalue weighted by Gasteiger charge is -2.11. The number of nitrogens with two attached hydrogens (primary N) is 1. The van der Waals surface area contributed by atoms with Crippen molar-refractivity contribution in [3.05, 3.63) is 23.8 Å². The van der Waals surface area contributed by atoms with Crippen LogP contribution in [-0.2, 0) is 0 Å². The minimum Gasteiger partial charge on any atom is -0.491 e. The molecule has 1 aromatic carbocycles. The van der Waals surface area contributed by atoms with Gasteiger partial charge in [-0.05, 0) is 25.0 Å². The van der Waals surface area contributed by atoms with Gasteiger partial charge in [-0.15, -0.1) is 0 Å². The normalized spacial score (nSPS) is 10.6. The summed E-state index contributed by atoms with van der Waals surface area (Å²) in [6, 6.07) is 5.91. The van der Waals surface area contributed by atoms with E-state index in [4.69, 9.17) is 10.5 Å². The number of benzene rings is 1. The molecule has 1 aromatic rings. The van der Waals surface area contributed by atoms with E-state index in [-0.39, 0.29) is 0 Å². The first kappa shape index (κ1) is 15.9. The molecule has 108 valence electrons. The number of unbranched alkanes of at least 4 members (excludes halogenated alkanes) is 7. The van der Waals surface area contributed by atoms with E-state index in [0.29, 0.717) is 0 Å². The predicted molar refractivity (Wildman–Crippen MR) is 83.7 cm³/mol. The summed E-state index contributed by atoms with van der Waals surface area (Å²) in [4.78, 5) is 0. The Morgan fingerprint density at radius 3 is 2.21 bits per heavy atom. The summed E-state index contributed by atoms with van der Waals surface area (Å²) in [5.74, 6) is 0.866. The van der Waals surface area contributed by atoms with Gasteiger partial charge in [0.1, 0.15) is 5.75 Å². The van der Waals surface area contributed by atoms with E-state index < -0.39 is 0 Å². The monoisotopic (exact) mass is 263 g/mol. The summed E-state index contributed by atoms with van der Waals surface area (Å²) < 4.78 is 5.79. The average molecular weight is 263 g/mol. The van der Waals surface area contributed by atoms with Crippen LogP contribution < -0.4 is 10.5 Å². The molecule has 2 heteroatoms. The minimum absolute atomic E-state index is 0.750. The Kier molecular flexibility index (Phi) is 8.11. The fourth-order valence-electron chi connectivity index (χ4n) is 2.28. The molecule has 0 fully saturated rings. The van der Waals surface area contributed by atoms with Crippen LogP contribution in [0, 0.1) is 6.92 Å². The van der Waals surface area contributed by atoms with Gasteiger partial charge < -0.3 is 10.5 Å². The largest absolute Gasteiger partial charge is 0.491 e. The Bertz CT molecular complexity index is 329. The molecule has 2 N–H and O–H groups in total. The van der Waals surface area contributed by atoms with Crippen molar-refractivity contribution in [2.45, 2.75) is 65.2 Å². The summed E-state index contributed by atoms with van der Waals surface area (Å²) in [5, 5.41) is 0. The maximum Gasteiger partial charge on any atom is 0.145 e. The zero-order valence-electron chi connectivity index (χ0n) is 12.6. The molecule has 0 spiro atoms. The fraction of sp³-hybridized carbons (Fsp3) is 0.647. The van der Waals surface area contributed by atoms with Crippen molar-refractivity contribution in [2.24, 2.45) is 0 Å². The first-order valence-electron chi connectivity index (χ1n) is 7.73. The third-order valence-electron chi connectivity index (χ3n) is 3.49. The van der Waals surface area contributed by atoms with Crippen molar-refractivity contribution in [1.82, 2.24) is 0 Å². The highest BCUT2D eigenvalue weighted by molar-refractivity contribution is 5.56. The lowest BCUT2D eigenvalue weighted by atomic mass is 10.1. The van der Waals surface area contributed by atoms with Crippen LogP contribution in [0.1, 0.15) is 63.9 Å². The van der Waals surface area contributed by atoms with Crippen LogP contribution >= 0.6 is 0 Å². The Hall–Kier alpha value is -1.18. The van der Waals surface area contributed by atoms with Crippen LogP contribution in [-0.4, -0.2) is 6.61 Å². The van der Waals surface area contributed by atoms with Crippen molar-refractivity contribution in [3.8, 4) is 5.75 Å². The molecule has 0 unspecified atom stereocenters. The van der Waals surface area contributed by atoms with Crippen molar-refractivity contribution in [2.75, 3.05) is 12.3 Å². The maximum atomic E-state index is 5.91. The molecule has 0 aliphatic carbocycles. The maximum absolute atomic E-state index is 5.91. The number of nitrogen functional groups attached to an aromatic ring is 1. The molecule has 1 rings (SSSR count). The van der Waals surface area contributed by atoms with Gasteiger partial charge in [0, 0.05) is 0 Å². The second kappa shape index (κ2) is 9.71. The van der Waals surface area contributed by atoms with Gasteiger partial charge in [0.15, 0.2) is 0 Å².